The Morgan fingerprint density at radius 1 is 1.39 bits per heavy atom. The number of morpholine rings is 1. The van der Waals surface area contributed by atoms with Gasteiger partial charge in [-0.05, 0) is 45.4 Å². The third-order valence-electron chi connectivity index (χ3n) is 3.96. The molecular weight excluding hydrogens is 297 g/mol. The first-order chi connectivity index (χ1) is 10.9. The van der Waals surface area contributed by atoms with E-state index < -0.39 is 0 Å². The van der Waals surface area contributed by atoms with Crippen molar-refractivity contribution < 1.29 is 13.9 Å². The molecule has 2 amide bonds. The van der Waals surface area contributed by atoms with Crippen LogP contribution in [0, 0.1) is 5.82 Å². The molecule has 2 rings (SSSR count). The van der Waals surface area contributed by atoms with Gasteiger partial charge in [0, 0.05) is 24.8 Å². The number of nitrogens with zero attached hydrogens (tertiary/aromatic N) is 1. The van der Waals surface area contributed by atoms with E-state index in [1.165, 1.54) is 6.07 Å². The van der Waals surface area contributed by atoms with Crippen molar-refractivity contribution in [2.75, 3.05) is 23.3 Å². The normalized spacial score (nSPS) is 22.6. The fraction of sp³-hybridized carbons (Fsp3) is 0.588. The van der Waals surface area contributed by atoms with Gasteiger partial charge in [-0.2, -0.15) is 0 Å². The van der Waals surface area contributed by atoms with Crippen LogP contribution >= 0.6 is 0 Å². The first-order valence-electron chi connectivity index (χ1n) is 8.16. The Hall–Kier alpha value is -1.82. The minimum Gasteiger partial charge on any atom is -0.372 e. The molecule has 1 aromatic rings. The average molecular weight is 323 g/mol. The Labute approximate surface area is 137 Å². The van der Waals surface area contributed by atoms with Crippen LogP contribution in [0.5, 0.6) is 0 Å². The van der Waals surface area contributed by atoms with E-state index in [0.29, 0.717) is 24.5 Å². The molecule has 0 bridgehead atoms. The summed E-state index contributed by atoms with van der Waals surface area (Å²) in [6, 6.07) is 4.55. The Bertz CT molecular complexity index is 543. The fourth-order valence-corrected chi connectivity index (χ4v) is 2.71. The van der Waals surface area contributed by atoms with Crippen molar-refractivity contribution in [2.24, 2.45) is 0 Å². The lowest BCUT2D eigenvalue weighted by Gasteiger charge is -2.37. The predicted octanol–water partition coefficient (Wildman–Crippen LogP) is 3.36. The Kier molecular flexibility index (Phi) is 5.82. The predicted molar refractivity (Wildman–Crippen MR) is 90.5 cm³/mol. The number of carbonyl (C=O) groups is 1. The van der Waals surface area contributed by atoms with Crippen LogP contribution < -0.4 is 15.5 Å². The van der Waals surface area contributed by atoms with Crippen LogP contribution in [0.1, 0.15) is 34.1 Å². The summed E-state index contributed by atoms with van der Waals surface area (Å²) in [4.78, 5) is 13.8. The van der Waals surface area contributed by atoms with Crippen LogP contribution in [-0.4, -0.2) is 37.4 Å². The van der Waals surface area contributed by atoms with Gasteiger partial charge in [0.1, 0.15) is 5.82 Å². The third kappa shape index (κ3) is 4.82. The van der Waals surface area contributed by atoms with Gasteiger partial charge in [-0.1, -0.05) is 6.92 Å². The molecule has 0 aliphatic carbocycles. The second-order valence-corrected chi connectivity index (χ2v) is 6.24. The molecule has 1 aliphatic rings. The largest absolute Gasteiger partial charge is 0.372 e. The van der Waals surface area contributed by atoms with Gasteiger partial charge >= 0.3 is 6.03 Å². The molecule has 6 heteroatoms. The van der Waals surface area contributed by atoms with E-state index in [1.807, 2.05) is 32.6 Å². The summed E-state index contributed by atoms with van der Waals surface area (Å²) >= 11 is 0. The molecule has 0 saturated carbocycles. The van der Waals surface area contributed by atoms with Crippen LogP contribution in [0.3, 0.4) is 0 Å². The molecule has 1 aliphatic heterocycles. The van der Waals surface area contributed by atoms with Gasteiger partial charge < -0.3 is 20.3 Å². The summed E-state index contributed by atoms with van der Waals surface area (Å²) in [7, 11) is 0. The fourth-order valence-electron chi connectivity index (χ4n) is 2.71. The summed E-state index contributed by atoms with van der Waals surface area (Å²) in [6.45, 7) is 9.18. The van der Waals surface area contributed by atoms with Crippen molar-refractivity contribution in [3.63, 3.8) is 0 Å². The van der Waals surface area contributed by atoms with E-state index in [0.717, 1.165) is 6.42 Å². The van der Waals surface area contributed by atoms with Crippen LogP contribution in [0.15, 0.2) is 18.2 Å². The topological polar surface area (TPSA) is 53.6 Å². The molecule has 1 saturated heterocycles. The second-order valence-electron chi connectivity index (χ2n) is 6.24. The van der Waals surface area contributed by atoms with Gasteiger partial charge in [0.15, 0.2) is 0 Å². The van der Waals surface area contributed by atoms with Crippen molar-refractivity contribution in [2.45, 2.75) is 52.4 Å². The summed E-state index contributed by atoms with van der Waals surface area (Å²) in [5.74, 6) is -0.340. The zero-order valence-corrected chi connectivity index (χ0v) is 14.2. The van der Waals surface area contributed by atoms with E-state index in [2.05, 4.69) is 10.6 Å². The average Bonchev–Trinajstić information content (AvgIpc) is 2.45. The SMILES string of the molecule is CCC(C)NC(=O)Nc1ccc(N2CC(C)OC(C)C2)c(F)c1. The molecule has 1 aromatic carbocycles. The molecule has 1 heterocycles. The van der Waals surface area contributed by atoms with Gasteiger partial charge in [-0.15, -0.1) is 0 Å². The number of rotatable bonds is 4. The number of ether oxygens (including phenoxy) is 1. The summed E-state index contributed by atoms with van der Waals surface area (Å²) < 4.78 is 20.1. The smallest absolute Gasteiger partial charge is 0.319 e. The molecule has 128 valence electrons. The number of hydrogen-bond acceptors (Lipinski definition) is 3. The first kappa shape index (κ1) is 17.5. The van der Waals surface area contributed by atoms with Gasteiger partial charge in [-0.3, -0.25) is 0 Å². The van der Waals surface area contributed by atoms with Gasteiger partial charge in [0.2, 0.25) is 0 Å². The van der Waals surface area contributed by atoms with E-state index in [4.69, 9.17) is 4.74 Å². The maximum absolute atomic E-state index is 14.4. The summed E-state index contributed by atoms with van der Waals surface area (Å²) in [5.41, 5.74) is 0.987. The zero-order valence-electron chi connectivity index (χ0n) is 14.2. The van der Waals surface area contributed by atoms with Crippen LogP contribution in [0.2, 0.25) is 0 Å². The maximum Gasteiger partial charge on any atom is 0.319 e. The number of hydrogen-bond donors (Lipinski definition) is 2. The van der Waals surface area contributed by atoms with Crippen LogP contribution in [0.25, 0.3) is 0 Å². The van der Waals surface area contributed by atoms with E-state index in [9.17, 15) is 9.18 Å². The van der Waals surface area contributed by atoms with Gasteiger partial charge in [0.05, 0.1) is 17.9 Å². The van der Waals surface area contributed by atoms with E-state index in [1.54, 1.807) is 12.1 Å². The zero-order chi connectivity index (χ0) is 17.0. The minimum absolute atomic E-state index is 0.0669. The lowest BCUT2D eigenvalue weighted by atomic mass is 10.2. The van der Waals surface area contributed by atoms with Gasteiger partial charge in [0.25, 0.3) is 0 Å². The number of anilines is 2. The van der Waals surface area contributed by atoms with E-state index in [-0.39, 0.29) is 30.1 Å². The second kappa shape index (κ2) is 7.64. The lowest BCUT2D eigenvalue weighted by Crippen LogP contribution is -2.45. The van der Waals surface area contributed by atoms with Crippen molar-refractivity contribution in [3.8, 4) is 0 Å². The molecule has 3 atom stereocenters. The van der Waals surface area contributed by atoms with Crippen LogP contribution in [-0.2, 0) is 4.74 Å². The molecule has 1 fully saturated rings. The molecule has 0 spiro atoms. The molecular formula is C17H26FN3O2. The Morgan fingerprint density at radius 2 is 2.04 bits per heavy atom. The van der Waals surface area contributed by atoms with Crippen molar-refractivity contribution in [1.29, 1.82) is 0 Å². The number of carbonyl (C=O) groups excluding carboxylic acids is 1. The number of benzene rings is 1. The molecule has 0 radical (unpaired) electrons. The highest BCUT2D eigenvalue weighted by Crippen LogP contribution is 2.26. The van der Waals surface area contributed by atoms with Crippen molar-refractivity contribution in [1.82, 2.24) is 5.32 Å². The quantitative estimate of drug-likeness (QED) is 0.893. The minimum atomic E-state index is -0.340. The molecule has 2 N–H and O–H groups in total. The highest BCUT2D eigenvalue weighted by atomic mass is 19.1. The lowest BCUT2D eigenvalue weighted by molar-refractivity contribution is -0.00539. The Balaban J connectivity index is 2.04. The number of amides is 2. The molecule has 0 aromatic heterocycles. The number of nitrogens with one attached hydrogen (secondary N) is 2. The number of halogens is 1. The van der Waals surface area contributed by atoms with Crippen molar-refractivity contribution in [3.05, 3.63) is 24.0 Å². The van der Waals surface area contributed by atoms with Gasteiger partial charge in [-0.25, -0.2) is 9.18 Å². The van der Waals surface area contributed by atoms with Crippen molar-refractivity contribution >= 4 is 17.4 Å². The monoisotopic (exact) mass is 323 g/mol. The first-order valence-corrected chi connectivity index (χ1v) is 8.16. The maximum atomic E-state index is 14.4. The molecule has 5 nitrogen and oxygen atoms in total. The van der Waals surface area contributed by atoms with Crippen LogP contribution in [0.4, 0.5) is 20.6 Å². The Morgan fingerprint density at radius 3 is 2.61 bits per heavy atom. The standard InChI is InChI=1S/C17H26FN3O2/c1-5-11(2)19-17(22)20-14-6-7-16(15(18)8-14)21-9-12(3)23-13(4)10-21/h6-8,11-13H,5,9-10H2,1-4H3,(H2,19,20,22). The highest BCUT2D eigenvalue weighted by Gasteiger charge is 2.24. The summed E-state index contributed by atoms with van der Waals surface area (Å²) in [6.07, 6.45) is 0.975. The number of urea groups is 1. The molecule has 23 heavy (non-hydrogen) atoms. The third-order valence-corrected chi connectivity index (χ3v) is 3.96. The molecule has 3 unspecified atom stereocenters. The highest BCUT2D eigenvalue weighted by molar-refractivity contribution is 5.89. The summed E-state index contributed by atoms with van der Waals surface area (Å²) in [5, 5.41) is 5.45. The van der Waals surface area contributed by atoms with E-state index >= 15 is 0 Å².